The minimum absolute atomic E-state index is 0.143. The molecule has 0 aromatic heterocycles. The average molecular weight is 217 g/mol. The van der Waals surface area contributed by atoms with Gasteiger partial charge in [-0.05, 0) is 37.6 Å². The maximum atomic E-state index is 11.7. The van der Waals surface area contributed by atoms with Crippen LogP contribution in [0.25, 0.3) is 0 Å². The summed E-state index contributed by atoms with van der Waals surface area (Å²) in [4.78, 5) is 11.7. The molecule has 0 radical (unpaired) electrons. The van der Waals surface area contributed by atoms with E-state index in [1.54, 1.807) is 25.1 Å². The van der Waals surface area contributed by atoms with Crippen LogP contribution in [0.2, 0.25) is 0 Å². The zero-order valence-electron chi connectivity index (χ0n) is 9.45. The quantitative estimate of drug-likeness (QED) is 0.755. The van der Waals surface area contributed by atoms with Crippen LogP contribution in [0, 0.1) is 18.3 Å². The number of amides is 1. The van der Waals surface area contributed by atoms with E-state index in [0.29, 0.717) is 17.7 Å². The fourth-order valence-electron chi connectivity index (χ4n) is 1.31. The summed E-state index contributed by atoms with van der Waals surface area (Å²) in [6.07, 6.45) is 0.305. The van der Waals surface area contributed by atoms with Gasteiger partial charge in [0.2, 0.25) is 0 Å². The van der Waals surface area contributed by atoms with Gasteiger partial charge in [0.05, 0.1) is 12.5 Å². The Hall–Kier alpha value is -2.02. The lowest BCUT2D eigenvalue weighted by molar-refractivity contribution is 0.0941. The first-order valence-corrected chi connectivity index (χ1v) is 5.08. The highest BCUT2D eigenvalue weighted by atomic mass is 16.1. The minimum Gasteiger partial charge on any atom is -0.399 e. The van der Waals surface area contributed by atoms with E-state index in [1.165, 1.54) is 0 Å². The molecule has 1 amide bonds. The van der Waals surface area contributed by atoms with Gasteiger partial charge in [0, 0.05) is 17.3 Å². The Morgan fingerprint density at radius 1 is 1.62 bits per heavy atom. The van der Waals surface area contributed by atoms with Gasteiger partial charge in [-0.15, -0.1) is 0 Å². The van der Waals surface area contributed by atoms with E-state index < -0.39 is 0 Å². The first-order chi connectivity index (χ1) is 7.54. The van der Waals surface area contributed by atoms with Gasteiger partial charge in [-0.1, -0.05) is 0 Å². The summed E-state index contributed by atoms with van der Waals surface area (Å²) in [5, 5.41) is 11.2. The van der Waals surface area contributed by atoms with Crippen molar-refractivity contribution in [1.82, 2.24) is 5.32 Å². The second-order valence-electron chi connectivity index (χ2n) is 3.81. The molecule has 84 valence electrons. The summed E-state index contributed by atoms with van der Waals surface area (Å²) in [6, 6.07) is 6.99. The van der Waals surface area contributed by atoms with Crippen LogP contribution in [0.15, 0.2) is 18.2 Å². The second kappa shape index (κ2) is 5.17. The lowest BCUT2D eigenvalue weighted by Crippen LogP contribution is -2.32. The lowest BCUT2D eigenvalue weighted by Gasteiger charge is -2.11. The summed E-state index contributed by atoms with van der Waals surface area (Å²) in [5.41, 5.74) is 7.77. The molecule has 0 heterocycles. The average Bonchev–Trinajstić information content (AvgIpc) is 2.22. The third kappa shape index (κ3) is 2.99. The van der Waals surface area contributed by atoms with E-state index >= 15 is 0 Å². The van der Waals surface area contributed by atoms with E-state index in [0.717, 1.165) is 5.56 Å². The molecule has 0 spiro atoms. The highest BCUT2D eigenvalue weighted by molar-refractivity contribution is 5.95. The van der Waals surface area contributed by atoms with E-state index in [1.807, 2.05) is 13.0 Å². The Balaban J connectivity index is 2.74. The predicted molar refractivity (Wildman–Crippen MR) is 62.7 cm³/mol. The molecule has 0 aliphatic heterocycles. The van der Waals surface area contributed by atoms with Crippen LogP contribution in [0.4, 0.5) is 5.69 Å². The fraction of sp³-hybridized carbons (Fsp3) is 0.333. The zero-order valence-corrected chi connectivity index (χ0v) is 9.45. The van der Waals surface area contributed by atoms with Gasteiger partial charge in [0.1, 0.15) is 0 Å². The molecule has 4 nitrogen and oxygen atoms in total. The van der Waals surface area contributed by atoms with Gasteiger partial charge >= 0.3 is 0 Å². The fourth-order valence-corrected chi connectivity index (χ4v) is 1.31. The number of anilines is 1. The molecular formula is C12H15N3O. The number of nitrogens with zero attached hydrogens (tertiary/aromatic N) is 1. The molecule has 0 saturated heterocycles. The normalized spacial score (nSPS) is 11.6. The molecule has 0 aliphatic rings. The third-order valence-corrected chi connectivity index (χ3v) is 2.31. The number of aryl methyl sites for hydroxylation is 1. The van der Waals surface area contributed by atoms with E-state index in [4.69, 9.17) is 11.0 Å². The molecule has 0 fully saturated rings. The molecule has 1 aromatic carbocycles. The number of benzene rings is 1. The third-order valence-electron chi connectivity index (χ3n) is 2.31. The van der Waals surface area contributed by atoms with Crippen LogP contribution in [0.5, 0.6) is 0 Å². The number of nitriles is 1. The zero-order chi connectivity index (χ0) is 12.1. The summed E-state index contributed by atoms with van der Waals surface area (Å²) >= 11 is 0. The molecule has 1 unspecified atom stereocenters. The van der Waals surface area contributed by atoms with Crippen LogP contribution in [-0.4, -0.2) is 11.9 Å². The summed E-state index contributed by atoms with van der Waals surface area (Å²) in [6.45, 7) is 3.65. The minimum atomic E-state index is -0.175. The van der Waals surface area contributed by atoms with Gasteiger partial charge in [0.25, 0.3) is 5.91 Å². The standard InChI is InChI=1S/C12H15N3O/c1-8-7-10(3-4-11(8)14)12(16)15-9(2)5-6-13/h3-4,7,9H,5,14H2,1-2H3,(H,15,16). The van der Waals surface area contributed by atoms with Crippen LogP contribution in [-0.2, 0) is 0 Å². The molecule has 16 heavy (non-hydrogen) atoms. The van der Waals surface area contributed by atoms with Gasteiger partial charge in [0.15, 0.2) is 0 Å². The van der Waals surface area contributed by atoms with Crippen molar-refractivity contribution >= 4 is 11.6 Å². The van der Waals surface area contributed by atoms with Crippen LogP contribution < -0.4 is 11.1 Å². The molecule has 0 aliphatic carbocycles. The van der Waals surface area contributed by atoms with Gasteiger partial charge in [-0.25, -0.2) is 0 Å². The maximum Gasteiger partial charge on any atom is 0.251 e. The number of nitrogens with two attached hydrogens (primary N) is 1. The Morgan fingerprint density at radius 2 is 2.31 bits per heavy atom. The van der Waals surface area contributed by atoms with Gasteiger partial charge in [-0.3, -0.25) is 4.79 Å². The number of hydrogen-bond donors (Lipinski definition) is 2. The molecule has 1 rings (SSSR count). The summed E-state index contributed by atoms with van der Waals surface area (Å²) < 4.78 is 0. The number of hydrogen-bond acceptors (Lipinski definition) is 3. The van der Waals surface area contributed by atoms with Crippen LogP contribution in [0.3, 0.4) is 0 Å². The topological polar surface area (TPSA) is 78.9 Å². The lowest BCUT2D eigenvalue weighted by atomic mass is 10.1. The maximum absolute atomic E-state index is 11.7. The molecular weight excluding hydrogens is 202 g/mol. The number of nitrogens with one attached hydrogen (secondary N) is 1. The molecule has 0 saturated carbocycles. The smallest absolute Gasteiger partial charge is 0.251 e. The number of rotatable bonds is 3. The first kappa shape index (κ1) is 12.1. The molecule has 1 atom stereocenters. The van der Waals surface area contributed by atoms with Crippen molar-refractivity contribution in [2.45, 2.75) is 26.3 Å². The number of carbonyl (C=O) groups excluding carboxylic acids is 1. The van der Waals surface area contributed by atoms with Crippen molar-refractivity contribution in [1.29, 1.82) is 5.26 Å². The largest absolute Gasteiger partial charge is 0.399 e. The summed E-state index contributed by atoms with van der Waals surface area (Å²) in [5.74, 6) is -0.175. The van der Waals surface area contributed by atoms with Crippen molar-refractivity contribution in [3.63, 3.8) is 0 Å². The van der Waals surface area contributed by atoms with Gasteiger partial charge < -0.3 is 11.1 Å². The van der Waals surface area contributed by atoms with Crippen molar-refractivity contribution in [2.24, 2.45) is 0 Å². The monoisotopic (exact) mass is 217 g/mol. The SMILES string of the molecule is Cc1cc(C(=O)NC(C)CC#N)ccc1N. The Bertz CT molecular complexity index is 434. The van der Waals surface area contributed by atoms with Crippen molar-refractivity contribution < 1.29 is 4.79 Å². The highest BCUT2D eigenvalue weighted by Gasteiger charge is 2.09. The van der Waals surface area contributed by atoms with Crippen molar-refractivity contribution in [3.05, 3.63) is 29.3 Å². The Kier molecular flexibility index (Phi) is 3.90. The molecule has 4 heteroatoms. The Labute approximate surface area is 95.1 Å². The highest BCUT2D eigenvalue weighted by Crippen LogP contribution is 2.12. The first-order valence-electron chi connectivity index (χ1n) is 5.08. The van der Waals surface area contributed by atoms with E-state index in [-0.39, 0.29) is 11.9 Å². The molecule has 0 bridgehead atoms. The van der Waals surface area contributed by atoms with Gasteiger partial charge in [-0.2, -0.15) is 5.26 Å². The second-order valence-corrected chi connectivity index (χ2v) is 3.81. The summed E-state index contributed by atoms with van der Waals surface area (Å²) in [7, 11) is 0. The van der Waals surface area contributed by atoms with E-state index in [2.05, 4.69) is 5.32 Å². The number of nitrogen functional groups attached to an aromatic ring is 1. The van der Waals surface area contributed by atoms with Crippen LogP contribution in [0.1, 0.15) is 29.3 Å². The predicted octanol–water partition coefficient (Wildman–Crippen LogP) is 1.61. The molecule has 1 aromatic rings. The van der Waals surface area contributed by atoms with E-state index in [9.17, 15) is 4.79 Å². The van der Waals surface area contributed by atoms with Crippen molar-refractivity contribution in [2.75, 3.05) is 5.73 Å². The Morgan fingerprint density at radius 3 is 2.88 bits per heavy atom. The molecule has 3 N–H and O–H groups in total. The van der Waals surface area contributed by atoms with Crippen LogP contribution >= 0.6 is 0 Å². The number of carbonyl (C=O) groups is 1. The van der Waals surface area contributed by atoms with Crippen molar-refractivity contribution in [3.8, 4) is 6.07 Å².